The van der Waals surface area contributed by atoms with Crippen molar-refractivity contribution in [2.45, 2.75) is 69.9 Å². The molecule has 2 nitrogen and oxygen atoms in total. The Balaban J connectivity index is 1.64. The SMILES string of the molecule is CCNC(CCC1CCCO1)C1CCCc2sccc21. The Hall–Kier alpha value is -0.380. The number of ether oxygens (including phenoxy) is 1. The second kappa shape index (κ2) is 7.06. The zero-order valence-electron chi connectivity index (χ0n) is 12.6. The van der Waals surface area contributed by atoms with Gasteiger partial charge in [-0.05, 0) is 68.5 Å². The van der Waals surface area contributed by atoms with Crippen molar-refractivity contribution in [2.75, 3.05) is 13.2 Å². The third-order valence-corrected chi connectivity index (χ3v) is 5.87. The maximum atomic E-state index is 5.80. The Labute approximate surface area is 126 Å². The van der Waals surface area contributed by atoms with Crippen LogP contribution >= 0.6 is 11.3 Å². The molecule has 1 aromatic rings. The Morgan fingerprint density at radius 1 is 1.40 bits per heavy atom. The number of hydrogen-bond donors (Lipinski definition) is 1. The van der Waals surface area contributed by atoms with Gasteiger partial charge in [0.15, 0.2) is 0 Å². The highest BCUT2D eigenvalue weighted by molar-refractivity contribution is 7.10. The fourth-order valence-corrected chi connectivity index (χ4v) is 4.88. The molecule has 2 aliphatic rings. The Morgan fingerprint density at radius 2 is 2.35 bits per heavy atom. The lowest BCUT2D eigenvalue weighted by molar-refractivity contribution is 0.0983. The molecule has 20 heavy (non-hydrogen) atoms. The van der Waals surface area contributed by atoms with Crippen molar-refractivity contribution in [3.8, 4) is 0 Å². The monoisotopic (exact) mass is 293 g/mol. The van der Waals surface area contributed by atoms with Crippen LogP contribution in [0.15, 0.2) is 11.4 Å². The molecule has 1 fully saturated rings. The van der Waals surface area contributed by atoms with Crippen molar-refractivity contribution in [1.29, 1.82) is 0 Å². The molecule has 3 rings (SSSR count). The van der Waals surface area contributed by atoms with Gasteiger partial charge in [-0.3, -0.25) is 0 Å². The van der Waals surface area contributed by atoms with Crippen LogP contribution in [0.5, 0.6) is 0 Å². The van der Waals surface area contributed by atoms with Crippen LogP contribution in [-0.2, 0) is 11.2 Å². The lowest BCUT2D eigenvalue weighted by atomic mass is 9.80. The maximum Gasteiger partial charge on any atom is 0.0576 e. The summed E-state index contributed by atoms with van der Waals surface area (Å²) in [5.74, 6) is 0.728. The highest BCUT2D eigenvalue weighted by Crippen LogP contribution is 2.38. The molecule has 0 saturated carbocycles. The minimum Gasteiger partial charge on any atom is -0.378 e. The summed E-state index contributed by atoms with van der Waals surface area (Å²) in [6.07, 6.45) is 9.57. The third-order valence-electron chi connectivity index (χ3n) is 4.87. The number of thiophene rings is 1. The zero-order valence-corrected chi connectivity index (χ0v) is 13.4. The normalized spacial score (nSPS) is 27.4. The van der Waals surface area contributed by atoms with E-state index in [-0.39, 0.29) is 0 Å². The molecule has 3 atom stereocenters. The Morgan fingerprint density at radius 3 is 3.15 bits per heavy atom. The molecule has 3 unspecified atom stereocenters. The van der Waals surface area contributed by atoms with Crippen molar-refractivity contribution >= 4 is 11.3 Å². The van der Waals surface area contributed by atoms with Gasteiger partial charge in [0.2, 0.25) is 0 Å². The summed E-state index contributed by atoms with van der Waals surface area (Å²) < 4.78 is 5.80. The van der Waals surface area contributed by atoms with Gasteiger partial charge in [0.25, 0.3) is 0 Å². The standard InChI is InChI=1S/C17H27NOS/c1-2-18-16(9-8-13-5-4-11-19-13)14-6-3-7-17-15(14)10-12-20-17/h10,12-14,16,18H,2-9,11H2,1H3. The first kappa shape index (κ1) is 14.6. The molecular formula is C17H27NOS. The summed E-state index contributed by atoms with van der Waals surface area (Å²) in [6, 6.07) is 3.01. The molecule has 3 heteroatoms. The molecule has 1 saturated heterocycles. The number of aryl methyl sites for hydroxylation is 1. The number of likely N-dealkylation sites (N-methyl/N-ethyl adjacent to an activating group) is 1. The van der Waals surface area contributed by atoms with E-state index in [0.29, 0.717) is 12.1 Å². The van der Waals surface area contributed by atoms with E-state index < -0.39 is 0 Å². The highest BCUT2D eigenvalue weighted by Gasteiger charge is 2.29. The van der Waals surface area contributed by atoms with Gasteiger partial charge in [0.05, 0.1) is 6.10 Å². The van der Waals surface area contributed by atoms with Gasteiger partial charge in [0.1, 0.15) is 0 Å². The maximum absolute atomic E-state index is 5.80. The van der Waals surface area contributed by atoms with Crippen LogP contribution in [-0.4, -0.2) is 25.3 Å². The van der Waals surface area contributed by atoms with Crippen LogP contribution in [0.2, 0.25) is 0 Å². The summed E-state index contributed by atoms with van der Waals surface area (Å²) in [6.45, 7) is 4.29. The summed E-state index contributed by atoms with van der Waals surface area (Å²) in [5, 5.41) is 6.04. The van der Waals surface area contributed by atoms with Gasteiger partial charge in [-0.25, -0.2) is 0 Å². The van der Waals surface area contributed by atoms with E-state index in [9.17, 15) is 0 Å². The summed E-state index contributed by atoms with van der Waals surface area (Å²) >= 11 is 1.96. The van der Waals surface area contributed by atoms with E-state index in [0.717, 1.165) is 19.1 Å². The molecule has 0 spiro atoms. The van der Waals surface area contributed by atoms with Gasteiger partial charge in [-0.15, -0.1) is 11.3 Å². The predicted octanol–water partition coefficient (Wildman–Crippen LogP) is 4.11. The lowest BCUT2D eigenvalue weighted by Gasteiger charge is -2.32. The van der Waals surface area contributed by atoms with Crippen LogP contribution < -0.4 is 5.32 Å². The molecule has 1 aromatic heterocycles. The fourth-order valence-electron chi connectivity index (χ4n) is 3.89. The van der Waals surface area contributed by atoms with E-state index >= 15 is 0 Å². The lowest BCUT2D eigenvalue weighted by Crippen LogP contribution is -2.36. The summed E-state index contributed by atoms with van der Waals surface area (Å²) in [5.41, 5.74) is 1.64. The van der Waals surface area contributed by atoms with Crippen LogP contribution in [0, 0.1) is 0 Å². The van der Waals surface area contributed by atoms with E-state index in [1.807, 2.05) is 11.3 Å². The second-order valence-corrected chi connectivity index (χ2v) is 7.18. The van der Waals surface area contributed by atoms with Crippen molar-refractivity contribution in [2.24, 2.45) is 0 Å². The highest BCUT2D eigenvalue weighted by atomic mass is 32.1. The first-order chi connectivity index (χ1) is 9.88. The average molecular weight is 293 g/mol. The molecule has 0 radical (unpaired) electrons. The van der Waals surface area contributed by atoms with Crippen molar-refractivity contribution < 1.29 is 4.74 Å². The van der Waals surface area contributed by atoms with E-state index in [1.54, 1.807) is 10.4 Å². The van der Waals surface area contributed by atoms with Gasteiger partial charge < -0.3 is 10.1 Å². The zero-order chi connectivity index (χ0) is 13.8. The topological polar surface area (TPSA) is 21.3 Å². The van der Waals surface area contributed by atoms with E-state index in [4.69, 9.17) is 4.74 Å². The minimum atomic E-state index is 0.529. The molecule has 2 heterocycles. The average Bonchev–Trinajstić information content (AvgIpc) is 3.13. The van der Waals surface area contributed by atoms with Gasteiger partial charge in [-0.1, -0.05) is 6.92 Å². The second-order valence-electron chi connectivity index (χ2n) is 6.17. The van der Waals surface area contributed by atoms with Crippen molar-refractivity contribution in [3.05, 3.63) is 21.9 Å². The predicted molar refractivity (Wildman–Crippen MR) is 85.7 cm³/mol. The van der Waals surface area contributed by atoms with Gasteiger partial charge in [0, 0.05) is 23.4 Å². The summed E-state index contributed by atoms with van der Waals surface area (Å²) in [7, 11) is 0. The largest absolute Gasteiger partial charge is 0.378 e. The van der Waals surface area contributed by atoms with Crippen LogP contribution in [0.1, 0.15) is 61.8 Å². The Kier molecular flexibility index (Phi) is 5.14. The van der Waals surface area contributed by atoms with E-state index in [1.165, 1.54) is 44.9 Å². The van der Waals surface area contributed by atoms with Gasteiger partial charge >= 0.3 is 0 Å². The molecule has 1 aliphatic carbocycles. The van der Waals surface area contributed by atoms with Crippen LogP contribution in [0.25, 0.3) is 0 Å². The molecule has 1 N–H and O–H groups in total. The molecule has 112 valence electrons. The molecule has 0 aromatic carbocycles. The molecular weight excluding hydrogens is 266 g/mol. The van der Waals surface area contributed by atoms with Crippen LogP contribution in [0.4, 0.5) is 0 Å². The fraction of sp³-hybridized carbons (Fsp3) is 0.765. The number of rotatable bonds is 6. The Bertz CT molecular complexity index is 411. The quantitative estimate of drug-likeness (QED) is 0.852. The summed E-state index contributed by atoms with van der Waals surface area (Å²) in [4.78, 5) is 1.64. The number of nitrogens with one attached hydrogen (secondary N) is 1. The first-order valence-electron chi connectivity index (χ1n) is 8.29. The van der Waals surface area contributed by atoms with Crippen molar-refractivity contribution in [1.82, 2.24) is 5.32 Å². The first-order valence-corrected chi connectivity index (χ1v) is 9.17. The third kappa shape index (κ3) is 3.26. The molecule has 0 amide bonds. The smallest absolute Gasteiger partial charge is 0.0576 e. The molecule has 0 bridgehead atoms. The van der Waals surface area contributed by atoms with Crippen LogP contribution in [0.3, 0.4) is 0 Å². The number of fused-ring (bicyclic) bond motifs is 1. The molecule has 1 aliphatic heterocycles. The van der Waals surface area contributed by atoms with Gasteiger partial charge in [-0.2, -0.15) is 0 Å². The number of hydrogen-bond acceptors (Lipinski definition) is 3. The van der Waals surface area contributed by atoms with E-state index in [2.05, 4.69) is 23.7 Å². The van der Waals surface area contributed by atoms with Crippen molar-refractivity contribution in [3.63, 3.8) is 0 Å². The minimum absolute atomic E-state index is 0.529.